The highest BCUT2D eigenvalue weighted by Crippen LogP contribution is 2.16. The Balaban J connectivity index is 2.41. The summed E-state index contributed by atoms with van der Waals surface area (Å²) in [6.45, 7) is 6.40. The van der Waals surface area contributed by atoms with Gasteiger partial charge in [-0.05, 0) is 46.2 Å². The zero-order chi connectivity index (χ0) is 21.3. The van der Waals surface area contributed by atoms with Crippen LogP contribution in [0.2, 0.25) is 0 Å². The van der Waals surface area contributed by atoms with Gasteiger partial charge in [0.25, 0.3) is 0 Å². The van der Waals surface area contributed by atoms with E-state index in [0.29, 0.717) is 6.42 Å². The summed E-state index contributed by atoms with van der Waals surface area (Å²) in [5.41, 5.74) is 0. The number of nitrogens with zero attached hydrogens (tertiary/aromatic N) is 1. The van der Waals surface area contributed by atoms with E-state index in [1.165, 1.54) is 13.8 Å². The molecular weight excluding hydrogens is 368 g/mol. The lowest BCUT2D eigenvalue weighted by atomic mass is 10.2. The van der Waals surface area contributed by atoms with Gasteiger partial charge in [-0.25, -0.2) is 0 Å². The van der Waals surface area contributed by atoms with Gasteiger partial charge in [-0.2, -0.15) is 0 Å². The first-order chi connectivity index (χ1) is 13.1. The minimum Gasteiger partial charge on any atom is -0.481 e. The Labute approximate surface area is 164 Å². The molecule has 0 aromatic rings. The lowest BCUT2D eigenvalue weighted by molar-refractivity contribution is -0.137. The summed E-state index contributed by atoms with van der Waals surface area (Å²) in [5, 5.41) is 15.8. The number of nitrogens with one attached hydrogen (secondary N) is 3. The molecule has 0 radical (unpaired) electrons. The lowest BCUT2D eigenvalue weighted by Crippen LogP contribution is -2.54. The van der Waals surface area contributed by atoms with Crippen LogP contribution in [0.1, 0.15) is 52.9 Å². The number of likely N-dealkylation sites (N-methyl/N-ethyl adjacent to an activating group) is 1. The molecule has 10 heteroatoms. The van der Waals surface area contributed by atoms with Gasteiger partial charge in [0.1, 0.15) is 12.1 Å². The largest absolute Gasteiger partial charge is 0.481 e. The van der Waals surface area contributed by atoms with Crippen molar-refractivity contribution in [2.45, 2.75) is 71.0 Å². The molecule has 0 aliphatic carbocycles. The topological polar surface area (TPSA) is 145 Å². The molecule has 1 fully saturated rings. The maximum Gasteiger partial charge on any atom is 0.303 e. The Bertz CT molecular complexity index is 609. The average molecular weight is 398 g/mol. The average Bonchev–Trinajstić information content (AvgIpc) is 3.09. The first kappa shape index (κ1) is 23.5. The second-order valence-corrected chi connectivity index (χ2v) is 6.91. The van der Waals surface area contributed by atoms with Crippen LogP contribution in [0, 0.1) is 0 Å². The minimum atomic E-state index is -0.993. The van der Waals surface area contributed by atoms with Crippen molar-refractivity contribution in [3.8, 4) is 0 Å². The van der Waals surface area contributed by atoms with Crippen LogP contribution in [-0.2, 0) is 24.0 Å². The number of likely N-dealkylation sites (tertiary alicyclic amines) is 1. The van der Waals surface area contributed by atoms with Gasteiger partial charge in [0.15, 0.2) is 0 Å². The molecule has 1 rings (SSSR count). The molecule has 1 saturated heterocycles. The van der Waals surface area contributed by atoms with Gasteiger partial charge < -0.3 is 15.7 Å². The summed E-state index contributed by atoms with van der Waals surface area (Å²) in [7, 11) is 0. The zero-order valence-electron chi connectivity index (χ0n) is 16.6. The van der Waals surface area contributed by atoms with Crippen LogP contribution in [0.15, 0.2) is 0 Å². The minimum absolute atomic E-state index is 0.0101. The zero-order valence-corrected chi connectivity index (χ0v) is 16.6. The van der Waals surface area contributed by atoms with Gasteiger partial charge >= 0.3 is 5.97 Å². The molecule has 4 N–H and O–H groups in total. The van der Waals surface area contributed by atoms with Gasteiger partial charge in [-0.15, -0.1) is 0 Å². The highest BCUT2D eigenvalue weighted by atomic mass is 16.4. The smallest absolute Gasteiger partial charge is 0.303 e. The summed E-state index contributed by atoms with van der Waals surface area (Å²) >= 11 is 0. The number of amides is 4. The van der Waals surface area contributed by atoms with E-state index in [-0.39, 0.29) is 31.2 Å². The molecular formula is C18H30N4O6. The molecule has 0 aromatic carbocycles. The van der Waals surface area contributed by atoms with Crippen LogP contribution >= 0.6 is 0 Å². The summed E-state index contributed by atoms with van der Waals surface area (Å²) in [5.74, 6) is -2.99. The number of aliphatic carboxylic acids is 1. The first-order valence-electron chi connectivity index (χ1n) is 9.56. The van der Waals surface area contributed by atoms with Crippen LogP contribution in [0.3, 0.4) is 0 Å². The van der Waals surface area contributed by atoms with Crippen LogP contribution in [0.4, 0.5) is 0 Å². The van der Waals surface area contributed by atoms with Crippen molar-refractivity contribution in [1.82, 2.24) is 20.9 Å². The maximum atomic E-state index is 12.3. The van der Waals surface area contributed by atoms with Crippen molar-refractivity contribution in [2.24, 2.45) is 0 Å². The maximum absolute atomic E-state index is 12.3. The third-order valence-electron chi connectivity index (χ3n) is 4.64. The monoisotopic (exact) mass is 398 g/mol. The van der Waals surface area contributed by atoms with Crippen molar-refractivity contribution in [1.29, 1.82) is 0 Å². The molecule has 10 nitrogen and oxygen atoms in total. The Hall–Kier alpha value is -2.49. The fourth-order valence-electron chi connectivity index (χ4n) is 3.00. The second-order valence-electron chi connectivity index (χ2n) is 6.91. The Morgan fingerprint density at radius 1 is 1.04 bits per heavy atom. The van der Waals surface area contributed by atoms with Crippen LogP contribution in [0.25, 0.3) is 0 Å². The fraction of sp³-hybridized carbons (Fsp3) is 0.722. The SMILES string of the molecule is CCN1CCC[C@H]1C(=O)NC(=O)[C@H](C)NC(=O)[C@H](C)NC(=O)CCCC(=O)O. The predicted molar refractivity (Wildman–Crippen MR) is 100 cm³/mol. The number of carbonyl (C=O) groups is 5. The quantitative estimate of drug-likeness (QED) is 0.384. The highest BCUT2D eigenvalue weighted by molar-refractivity contribution is 6.01. The van der Waals surface area contributed by atoms with E-state index in [9.17, 15) is 24.0 Å². The molecule has 158 valence electrons. The standard InChI is InChI=1S/C18H30N4O6/c1-4-22-10-6-7-13(22)18(28)21-17(27)12(3)20-16(26)11(2)19-14(23)8-5-9-15(24)25/h11-13H,4-10H2,1-3H3,(H,19,23)(H,20,26)(H,24,25)(H,21,27,28)/t11-,12-,13-/m0/s1. The Morgan fingerprint density at radius 2 is 1.68 bits per heavy atom. The number of rotatable bonds is 10. The second kappa shape index (κ2) is 11.4. The van der Waals surface area contributed by atoms with Crippen molar-refractivity contribution in [3.63, 3.8) is 0 Å². The molecule has 0 aromatic heterocycles. The molecule has 28 heavy (non-hydrogen) atoms. The highest BCUT2D eigenvalue weighted by Gasteiger charge is 2.31. The fourth-order valence-corrected chi connectivity index (χ4v) is 3.00. The summed E-state index contributed by atoms with van der Waals surface area (Å²) in [6.07, 6.45) is 1.63. The number of imide groups is 1. The van der Waals surface area contributed by atoms with E-state index in [1.807, 2.05) is 11.8 Å². The summed E-state index contributed by atoms with van der Waals surface area (Å²) in [4.78, 5) is 60.7. The third kappa shape index (κ3) is 7.63. The molecule has 0 saturated carbocycles. The van der Waals surface area contributed by atoms with E-state index >= 15 is 0 Å². The van der Waals surface area contributed by atoms with Crippen molar-refractivity contribution < 1.29 is 29.1 Å². The van der Waals surface area contributed by atoms with Crippen molar-refractivity contribution >= 4 is 29.6 Å². The Morgan fingerprint density at radius 3 is 2.29 bits per heavy atom. The van der Waals surface area contributed by atoms with Gasteiger partial charge in [0.05, 0.1) is 6.04 Å². The van der Waals surface area contributed by atoms with E-state index in [2.05, 4.69) is 16.0 Å². The molecule has 1 aliphatic rings. The third-order valence-corrected chi connectivity index (χ3v) is 4.64. The summed E-state index contributed by atoms with van der Waals surface area (Å²) < 4.78 is 0. The van der Waals surface area contributed by atoms with Gasteiger partial charge in [0, 0.05) is 12.8 Å². The van der Waals surface area contributed by atoms with Gasteiger partial charge in [-0.1, -0.05) is 6.92 Å². The van der Waals surface area contributed by atoms with Crippen molar-refractivity contribution in [2.75, 3.05) is 13.1 Å². The molecule has 0 spiro atoms. The molecule has 1 aliphatic heterocycles. The van der Waals surface area contributed by atoms with E-state index in [1.54, 1.807) is 0 Å². The Kier molecular flexibility index (Phi) is 9.57. The lowest BCUT2D eigenvalue weighted by Gasteiger charge is -2.23. The van der Waals surface area contributed by atoms with Gasteiger partial charge in [0.2, 0.25) is 23.6 Å². The number of carboxylic acids is 1. The van der Waals surface area contributed by atoms with E-state index in [0.717, 1.165) is 19.5 Å². The molecule has 3 atom stereocenters. The number of carboxylic acid groups (broad SMARTS) is 1. The molecule has 0 bridgehead atoms. The number of hydrogen-bond acceptors (Lipinski definition) is 6. The van der Waals surface area contributed by atoms with Crippen LogP contribution < -0.4 is 16.0 Å². The number of carbonyl (C=O) groups excluding carboxylic acids is 4. The van der Waals surface area contributed by atoms with Crippen LogP contribution in [0.5, 0.6) is 0 Å². The molecule has 0 unspecified atom stereocenters. The summed E-state index contributed by atoms with van der Waals surface area (Å²) in [6, 6.07) is -2.17. The first-order valence-corrected chi connectivity index (χ1v) is 9.56. The normalized spacial score (nSPS) is 18.8. The van der Waals surface area contributed by atoms with Crippen molar-refractivity contribution in [3.05, 3.63) is 0 Å². The predicted octanol–water partition coefficient (Wildman–Crippen LogP) is -0.622. The molecule has 1 heterocycles. The molecule has 4 amide bonds. The van der Waals surface area contributed by atoms with Gasteiger partial charge in [-0.3, -0.25) is 34.2 Å². The van der Waals surface area contributed by atoms with Crippen LogP contribution in [-0.4, -0.2) is 70.8 Å². The van der Waals surface area contributed by atoms with E-state index < -0.39 is 35.8 Å². The van der Waals surface area contributed by atoms with E-state index in [4.69, 9.17) is 5.11 Å². The number of hydrogen-bond donors (Lipinski definition) is 4.